The Morgan fingerprint density at radius 1 is 1.12 bits per heavy atom. The summed E-state index contributed by atoms with van der Waals surface area (Å²) < 4.78 is 0. The number of hydrogen-bond donors (Lipinski definition) is 2. The molecule has 0 radical (unpaired) electrons. The molecular formula is C17H14N4O3S. The van der Waals surface area contributed by atoms with Crippen molar-refractivity contribution in [3.05, 3.63) is 81.3 Å². The molecule has 8 heteroatoms. The molecule has 126 valence electrons. The average Bonchev–Trinajstić information content (AvgIpc) is 3.09. The Kier molecular flexibility index (Phi) is 5.00. The Morgan fingerprint density at radius 3 is 2.52 bits per heavy atom. The number of nitrogens with one attached hydrogen (secondary N) is 2. The van der Waals surface area contributed by atoms with Crippen LogP contribution < -0.4 is 10.6 Å². The van der Waals surface area contributed by atoms with E-state index in [0.29, 0.717) is 10.8 Å². The number of rotatable bonds is 6. The molecule has 3 rings (SSSR count). The fourth-order valence-corrected chi connectivity index (χ4v) is 2.80. The molecule has 7 nitrogen and oxygen atoms in total. The van der Waals surface area contributed by atoms with Crippen LogP contribution in [0.3, 0.4) is 0 Å². The number of thiazole rings is 1. The van der Waals surface area contributed by atoms with Crippen molar-refractivity contribution in [3.8, 4) is 0 Å². The Labute approximate surface area is 147 Å². The van der Waals surface area contributed by atoms with E-state index in [2.05, 4.69) is 15.6 Å². The van der Waals surface area contributed by atoms with E-state index in [1.807, 2.05) is 30.3 Å². The Balaban J connectivity index is 1.57. The van der Waals surface area contributed by atoms with Crippen molar-refractivity contribution in [1.82, 2.24) is 10.3 Å². The molecule has 0 bridgehead atoms. The van der Waals surface area contributed by atoms with Crippen LogP contribution in [0.4, 0.5) is 16.5 Å². The third-order valence-corrected chi connectivity index (χ3v) is 4.12. The third-order valence-electron chi connectivity index (χ3n) is 3.36. The number of amides is 1. The lowest BCUT2D eigenvalue weighted by Crippen LogP contribution is -2.23. The van der Waals surface area contributed by atoms with E-state index in [0.717, 1.165) is 11.3 Å². The number of nitro groups is 1. The minimum Gasteiger partial charge on any atom is -0.347 e. The number of non-ortho nitro benzene ring substituents is 1. The number of hydrogen-bond acceptors (Lipinski definition) is 6. The van der Waals surface area contributed by atoms with E-state index >= 15 is 0 Å². The summed E-state index contributed by atoms with van der Waals surface area (Å²) in [7, 11) is 0. The fraction of sp³-hybridized carbons (Fsp3) is 0.0588. The molecule has 0 aliphatic carbocycles. The number of nitro benzene ring substituents is 1. The number of carbonyl (C=O) groups is 1. The average molecular weight is 354 g/mol. The van der Waals surface area contributed by atoms with Crippen molar-refractivity contribution in [2.75, 3.05) is 5.32 Å². The standard InChI is InChI=1S/C17H14N4O3S/c22-16(18-10-12-6-8-14(9-7-12)21(23)24)15-11-25-17(20-15)19-13-4-2-1-3-5-13/h1-9,11H,10H2,(H,18,22)(H,19,20). The van der Waals surface area contributed by atoms with Gasteiger partial charge in [-0.2, -0.15) is 0 Å². The van der Waals surface area contributed by atoms with Crippen LogP contribution in [-0.2, 0) is 6.54 Å². The van der Waals surface area contributed by atoms with Gasteiger partial charge in [0, 0.05) is 29.7 Å². The molecule has 0 unspecified atom stereocenters. The maximum atomic E-state index is 12.2. The molecule has 25 heavy (non-hydrogen) atoms. The summed E-state index contributed by atoms with van der Waals surface area (Å²) in [6.45, 7) is 0.274. The molecule has 1 amide bonds. The number of benzene rings is 2. The molecule has 0 saturated carbocycles. The molecular weight excluding hydrogens is 340 g/mol. The lowest BCUT2D eigenvalue weighted by Gasteiger charge is -2.03. The zero-order chi connectivity index (χ0) is 17.6. The van der Waals surface area contributed by atoms with E-state index < -0.39 is 4.92 Å². The second-order valence-corrected chi connectivity index (χ2v) is 5.99. The summed E-state index contributed by atoms with van der Waals surface area (Å²) >= 11 is 1.34. The van der Waals surface area contributed by atoms with Crippen LogP contribution in [0.1, 0.15) is 16.1 Å². The van der Waals surface area contributed by atoms with E-state index in [4.69, 9.17) is 0 Å². The van der Waals surface area contributed by atoms with Crippen LogP contribution in [0.25, 0.3) is 0 Å². The molecule has 0 saturated heterocycles. The van der Waals surface area contributed by atoms with Gasteiger partial charge in [0.1, 0.15) is 5.69 Å². The normalized spacial score (nSPS) is 10.2. The highest BCUT2D eigenvalue weighted by Crippen LogP contribution is 2.20. The molecule has 2 N–H and O–H groups in total. The molecule has 1 aromatic heterocycles. The van der Waals surface area contributed by atoms with E-state index in [1.165, 1.54) is 23.5 Å². The predicted molar refractivity (Wildman–Crippen MR) is 96.1 cm³/mol. The van der Waals surface area contributed by atoms with Crippen LogP contribution in [0.5, 0.6) is 0 Å². The van der Waals surface area contributed by atoms with Crippen LogP contribution in [0.15, 0.2) is 60.0 Å². The number of aromatic nitrogens is 1. The fourth-order valence-electron chi connectivity index (χ4n) is 2.09. The molecule has 0 aliphatic heterocycles. The zero-order valence-corrected chi connectivity index (χ0v) is 13.8. The first kappa shape index (κ1) is 16.6. The van der Waals surface area contributed by atoms with Gasteiger partial charge >= 0.3 is 0 Å². The monoisotopic (exact) mass is 354 g/mol. The second-order valence-electron chi connectivity index (χ2n) is 5.14. The topological polar surface area (TPSA) is 97.2 Å². The van der Waals surface area contributed by atoms with E-state index in [9.17, 15) is 14.9 Å². The van der Waals surface area contributed by atoms with Crippen LogP contribution in [0.2, 0.25) is 0 Å². The van der Waals surface area contributed by atoms with Gasteiger partial charge < -0.3 is 10.6 Å². The summed E-state index contributed by atoms with van der Waals surface area (Å²) in [5.41, 5.74) is 2.02. The Hall–Kier alpha value is -3.26. The van der Waals surface area contributed by atoms with Gasteiger partial charge in [-0.15, -0.1) is 11.3 Å². The maximum absolute atomic E-state index is 12.2. The summed E-state index contributed by atoms with van der Waals surface area (Å²) in [6.07, 6.45) is 0. The molecule has 0 fully saturated rings. The van der Waals surface area contributed by atoms with E-state index in [-0.39, 0.29) is 18.1 Å². The highest BCUT2D eigenvalue weighted by Gasteiger charge is 2.11. The first-order valence-electron chi connectivity index (χ1n) is 7.41. The molecule has 0 atom stereocenters. The summed E-state index contributed by atoms with van der Waals surface area (Å²) in [5.74, 6) is -0.296. The van der Waals surface area contributed by atoms with Crippen molar-refractivity contribution in [2.45, 2.75) is 6.54 Å². The first-order chi connectivity index (χ1) is 12.1. The molecule has 0 aliphatic rings. The molecule has 3 aromatic rings. The van der Waals surface area contributed by atoms with Gasteiger partial charge in [-0.3, -0.25) is 14.9 Å². The minimum absolute atomic E-state index is 0.0196. The highest BCUT2D eigenvalue weighted by molar-refractivity contribution is 7.14. The SMILES string of the molecule is O=C(NCc1ccc([N+](=O)[O-])cc1)c1csc(Nc2ccccc2)n1. The lowest BCUT2D eigenvalue weighted by atomic mass is 10.2. The van der Waals surface area contributed by atoms with Gasteiger partial charge in [-0.05, 0) is 17.7 Å². The summed E-state index contributed by atoms with van der Waals surface area (Å²) in [5, 5.41) is 18.8. The maximum Gasteiger partial charge on any atom is 0.271 e. The van der Waals surface area contributed by atoms with Crippen LogP contribution >= 0.6 is 11.3 Å². The summed E-state index contributed by atoms with van der Waals surface area (Å²) in [4.78, 5) is 26.6. The Bertz CT molecular complexity index is 878. The first-order valence-corrected chi connectivity index (χ1v) is 8.29. The smallest absolute Gasteiger partial charge is 0.271 e. The molecule has 2 aromatic carbocycles. The minimum atomic E-state index is -0.459. The molecule has 0 spiro atoms. The molecule has 1 heterocycles. The van der Waals surface area contributed by atoms with Gasteiger partial charge in [-0.1, -0.05) is 30.3 Å². The largest absolute Gasteiger partial charge is 0.347 e. The Morgan fingerprint density at radius 2 is 1.84 bits per heavy atom. The predicted octanol–water partition coefficient (Wildman–Crippen LogP) is 3.72. The van der Waals surface area contributed by atoms with Crippen molar-refractivity contribution >= 4 is 33.8 Å². The second kappa shape index (κ2) is 7.54. The summed E-state index contributed by atoms with van der Waals surface area (Å²) in [6, 6.07) is 15.6. The third kappa shape index (κ3) is 4.39. The van der Waals surface area contributed by atoms with Crippen molar-refractivity contribution < 1.29 is 9.72 Å². The number of anilines is 2. The number of carbonyl (C=O) groups excluding carboxylic acids is 1. The highest BCUT2D eigenvalue weighted by atomic mass is 32.1. The van der Waals surface area contributed by atoms with Crippen molar-refractivity contribution in [2.24, 2.45) is 0 Å². The van der Waals surface area contributed by atoms with Gasteiger partial charge in [0.2, 0.25) is 0 Å². The van der Waals surface area contributed by atoms with Gasteiger partial charge in [-0.25, -0.2) is 4.98 Å². The van der Waals surface area contributed by atoms with Gasteiger partial charge in [0.05, 0.1) is 4.92 Å². The number of nitrogens with zero attached hydrogens (tertiary/aromatic N) is 2. The zero-order valence-electron chi connectivity index (χ0n) is 13.0. The van der Waals surface area contributed by atoms with Gasteiger partial charge in [0.15, 0.2) is 5.13 Å². The van der Waals surface area contributed by atoms with Crippen LogP contribution in [-0.4, -0.2) is 15.8 Å². The number of para-hydroxylation sites is 1. The van der Waals surface area contributed by atoms with Crippen molar-refractivity contribution in [3.63, 3.8) is 0 Å². The quantitative estimate of drug-likeness (QED) is 0.519. The lowest BCUT2D eigenvalue weighted by molar-refractivity contribution is -0.384. The van der Waals surface area contributed by atoms with Gasteiger partial charge in [0.25, 0.3) is 11.6 Å². The van der Waals surface area contributed by atoms with Crippen LogP contribution in [0, 0.1) is 10.1 Å². The van der Waals surface area contributed by atoms with Crippen molar-refractivity contribution in [1.29, 1.82) is 0 Å². The van der Waals surface area contributed by atoms with E-state index in [1.54, 1.807) is 17.5 Å².